The number of halogens is 4. The van der Waals surface area contributed by atoms with Crippen molar-refractivity contribution in [1.29, 1.82) is 0 Å². The maximum Gasteiger partial charge on any atom is 0.412 e. The second kappa shape index (κ2) is 10.5. The largest absolute Gasteiger partial charge is 0.467 e. The van der Waals surface area contributed by atoms with Crippen molar-refractivity contribution >= 4 is 23.3 Å². The standard InChI is InChI=1S/C26H32ClF3N6O4/c1-14(26(28,29)30)8-16-9-18-17(13-40-16)22(32-24(31-18)39-4)34-6-5-7-36-19(12-34)20(27)21(33-36)23(37)35-10-15(11-35)25(2,3)38/h15-16,38H,1,5-13H2,2-4H3. The molecule has 14 heteroatoms. The number of hydrogen-bond donors (Lipinski definition) is 1. The molecule has 5 rings (SSSR count). The number of nitrogens with zero attached hydrogens (tertiary/aromatic N) is 6. The molecule has 218 valence electrons. The second-order valence-electron chi connectivity index (χ2n) is 11.1. The molecule has 3 aliphatic heterocycles. The summed E-state index contributed by atoms with van der Waals surface area (Å²) in [6.45, 7) is 8.93. The maximum atomic E-state index is 13.2. The van der Waals surface area contributed by atoms with Crippen LogP contribution in [0.1, 0.15) is 54.1 Å². The highest BCUT2D eigenvalue weighted by Crippen LogP contribution is 2.36. The Morgan fingerprint density at radius 1 is 1.25 bits per heavy atom. The number of methoxy groups -OCH3 is 1. The molecule has 3 aliphatic rings. The summed E-state index contributed by atoms with van der Waals surface area (Å²) in [5.41, 5.74) is 0.341. The zero-order valence-electron chi connectivity index (χ0n) is 22.6. The summed E-state index contributed by atoms with van der Waals surface area (Å²) in [6, 6.07) is 0.0999. The summed E-state index contributed by atoms with van der Waals surface area (Å²) in [5.74, 6) is 0.251. The third kappa shape index (κ3) is 5.51. The molecule has 2 aromatic rings. The highest BCUT2D eigenvalue weighted by atomic mass is 35.5. The number of aryl methyl sites for hydroxylation is 1. The monoisotopic (exact) mass is 584 g/mol. The lowest BCUT2D eigenvalue weighted by molar-refractivity contribution is -0.0994. The van der Waals surface area contributed by atoms with E-state index < -0.39 is 23.5 Å². The smallest absolute Gasteiger partial charge is 0.412 e. The molecule has 5 heterocycles. The van der Waals surface area contributed by atoms with Gasteiger partial charge in [0.05, 0.1) is 48.4 Å². The van der Waals surface area contributed by atoms with Gasteiger partial charge in [0.1, 0.15) is 5.82 Å². The average molecular weight is 585 g/mol. The summed E-state index contributed by atoms with van der Waals surface area (Å²) in [7, 11) is 1.43. The highest BCUT2D eigenvalue weighted by molar-refractivity contribution is 6.34. The Bertz CT molecular complexity index is 1320. The van der Waals surface area contributed by atoms with E-state index in [1.165, 1.54) is 7.11 Å². The normalized spacial score (nSPS) is 19.9. The van der Waals surface area contributed by atoms with Crippen LogP contribution in [0.3, 0.4) is 0 Å². The highest BCUT2D eigenvalue weighted by Gasteiger charge is 2.42. The molecule has 0 radical (unpaired) electrons. The van der Waals surface area contributed by atoms with Crippen LogP contribution in [0.5, 0.6) is 6.01 Å². The van der Waals surface area contributed by atoms with Crippen molar-refractivity contribution in [3.63, 3.8) is 0 Å². The van der Waals surface area contributed by atoms with Gasteiger partial charge in [-0.2, -0.15) is 28.2 Å². The number of anilines is 1. The number of carbonyl (C=O) groups is 1. The van der Waals surface area contributed by atoms with Crippen LogP contribution in [0.15, 0.2) is 12.2 Å². The first-order valence-corrected chi connectivity index (χ1v) is 13.5. The van der Waals surface area contributed by atoms with Crippen LogP contribution in [0.4, 0.5) is 19.0 Å². The van der Waals surface area contributed by atoms with Gasteiger partial charge in [0.25, 0.3) is 5.91 Å². The fraction of sp³-hybridized carbons (Fsp3) is 0.615. The van der Waals surface area contributed by atoms with Crippen LogP contribution >= 0.6 is 11.6 Å². The Balaban J connectivity index is 1.38. The van der Waals surface area contributed by atoms with Crippen molar-refractivity contribution in [2.24, 2.45) is 5.92 Å². The Labute approximate surface area is 234 Å². The number of likely N-dealkylation sites (tertiary alicyclic amines) is 1. The Hall–Kier alpha value is -2.90. The first kappa shape index (κ1) is 28.6. The number of ether oxygens (including phenoxy) is 2. The van der Waals surface area contributed by atoms with Crippen molar-refractivity contribution in [3.05, 3.63) is 39.8 Å². The second-order valence-corrected chi connectivity index (χ2v) is 11.4. The van der Waals surface area contributed by atoms with E-state index >= 15 is 0 Å². The number of aromatic nitrogens is 4. The number of fused-ring (bicyclic) bond motifs is 2. The van der Waals surface area contributed by atoms with E-state index in [9.17, 15) is 23.1 Å². The lowest BCUT2D eigenvalue weighted by atomic mass is 9.84. The van der Waals surface area contributed by atoms with Crippen molar-refractivity contribution in [3.8, 4) is 6.01 Å². The molecule has 0 bridgehead atoms. The molecular formula is C26H32ClF3N6O4. The molecule has 0 aliphatic carbocycles. The van der Waals surface area contributed by atoms with E-state index in [1.54, 1.807) is 23.4 Å². The van der Waals surface area contributed by atoms with Crippen LogP contribution in [0.2, 0.25) is 5.02 Å². The van der Waals surface area contributed by atoms with Gasteiger partial charge in [-0.1, -0.05) is 18.2 Å². The van der Waals surface area contributed by atoms with Gasteiger partial charge in [-0.05, 0) is 20.3 Å². The minimum absolute atomic E-state index is 0.0153. The quantitative estimate of drug-likeness (QED) is 0.514. The molecule has 2 aromatic heterocycles. The Morgan fingerprint density at radius 2 is 1.98 bits per heavy atom. The van der Waals surface area contributed by atoms with E-state index in [0.29, 0.717) is 61.9 Å². The number of carbonyl (C=O) groups excluding carboxylic acids is 1. The lowest BCUT2D eigenvalue weighted by Gasteiger charge is -2.44. The van der Waals surface area contributed by atoms with E-state index in [0.717, 1.165) is 0 Å². The minimum atomic E-state index is -4.49. The molecule has 1 saturated heterocycles. The predicted octanol–water partition coefficient (Wildman–Crippen LogP) is 3.54. The first-order valence-electron chi connectivity index (χ1n) is 13.1. The third-order valence-corrected chi connectivity index (χ3v) is 8.19. The molecule has 1 amide bonds. The van der Waals surface area contributed by atoms with Gasteiger partial charge >= 0.3 is 12.2 Å². The van der Waals surface area contributed by atoms with Crippen LogP contribution in [0, 0.1) is 5.92 Å². The van der Waals surface area contributed by atoms with Gasteiger partial charge in [-0.25, -0.2) is 0 Å². The number of amides is 1. The van der Waals surface area contributed by atoms with Crippen LogP contribution in [-0.2, 0) is 30.9 Å². The molecule has 0 spiro atoms. The molecule has 1 atom stereocenters. The topological polar surface area (TPSA) is 106 Å². The number of hydrogen-bond acceptors (Lipinski definition) is 8. The molecule has 0 saturated carbocycles. The molecule has 40 heavy (non-hydrogen) atoms. The van der Waals surface area contributed by atoms with E-state index in [1.807, 2.05) is 4.90 Å². The molecule has 0 aromatic carbocycles. The summed E-state index contributed by atoms with van der Waals surface area (Å²) < 4.78 is 52.0. The minimum Gasteiger partial charge on any atom is -0.467 e. The zero-order valence-corrected chi connectivity index (χ0v) is 23.3. The van der Waals surface area contributed by atoms with E-state index in [4.69, 9.17) is 21.1 Å². The van der Waals surface area contributed by atoms with Crippen molar-refractivity contribution in [2.75, 3.05) is 31.6 Å². The average Bonchev–Trinajstić information content (AvgIpc) is 3.01. The fourth-order valence-corrected chi connectivity index (χ4v) is 5.48. The summed E-state index contributed by atoms with van der Waals surface area (Å²) >= 11 is 6.73. The van der Waals surface area contributed by atoms with Gasteiger partial charge in [0, 0.05) is 56.1 Å². The first-order chi connectivity index (χ1) is 18.8. The van der Waals surface area contributed by atoms with Gasteiger partial charge in [-0.3, -0.25) is 9.48 Å². The van der Waals surface area contributed by atoms with Crippen LogP contribution in [-0.4, -0.2) is 80.3 Å². The maximum absolute atomic E-state index is 13.2. The lowest BCUT2D eigenvalue weighted by Crippen LogP contribution is -2.57. The van der Waals surface area contributed by atoms with Crippen molar-refractivity contribution in [2.45, 2.75) is 70.7 Å². The van der Waals surface area contributed by atoms with Crippen LogP contribution < -0.4 is 9.64 Å². The van der Waals surface area contributed by atoms with E-state index in [2.05, 4.69) is 21.6 Å². The van der Waals surface area contributed by atoms with Gasteiger partial charge in [0.2, 0.25) is 0 Å². The number of aliphatic hydroxyl groups is 1. The van der Waals surface area contributed by atoms with Gasteiger partial charge in [0.15, 0.2) is 5.69 Å². The fourth-order valence-electron chi connectivity index (χ4n) is 5.20. The van der Waals surface area contributed by atoms with Gasteiger partial charge < -0.3 is 24.4 Å². The molecule has 1 N–H and O–H groups in total. The Morgan fingerprint density at radius 3 is 2.62 bits per heavy atom. The molecule has 1 unspecified atom stereocenters. The summed E-state index contributed by atoms with van der Waals surface area (Å²) in [5, 5.41) is 15.0. The predicted molar refractivity (Wildman–Crippen MR) is 139 cm³/mol. The zero-order chi connectivity index (χ0) is 29.0. The number of rotatable bonds is 6. The Kier molecular flexibility index (Phi) is 7.51. The van der Waals surface area contributed by atoms with Crippen LogP contribution in [0.25, 0.3) is 0 Å². The van der Waals surface area contributed by atoms with Crippen molar-refractivity contribution < 1.29 is 32.5 Å². The van der Waals surface area contributed by atoms with Gasteiger partial charge in [-0.15, -0.1) is 0 Å². The SMILES string of the molecule is C=C(CC1Cc2nc(OC)nc(N3CCCn4nc(C(=O)N5CC(C(C)(C)O)C5)c(Cl)c4C3)c2CO1)C(F)(F)F. The molecule has 1 fully saturated rings. The van der Waals surface area contributed by atoms with Crippen molar-refractivity contribution in [1.82, 2.24) is 24.6 Å². The summed E-state index contributed by atoms with van der Waals surface area (Å²) in [6.07, 6.45) is -4.73. The number of alkyl halides is 3. The summed E-state index contributed by atoms with van der Waals surface area (Å²) in [4.78, 5) is 25.7. The molecule has 10 nitrogen and oxygen atoms in total. The van der Waals surface area contributed by atoms with E-state index in [-0.39, 0.29) is 48.0 Å². The third-order valence-electron chi connectivity index (χ3n) is 7.79. The molecular weight excluding hydrogens is 553 g/mol.